The van der Waals surface area contributed by atoms with Gasteiger partial charge in [0.1, 0.15) is 0 Å². The summed E-state index contributed by atoms with van der Waals surface area (Å²) in [7, 11) is 1.63. The molecule has 1 saturated heterocycles. The number of amides is 2. The fourth-order valence-electron chi connectivity index (χ4n) is 2.66. The Bertz CT molecular complexity index is 513. The van der Waals surface area contributed by atoms with Gasteiger partial charge in [-0.1, -0.05) is 30.3 Å². The van der Waals surface area contributed by atoms with Crippen molar-refractivity contribution in [1.82, 2.24) is 15.5 Å². The fraction of sp³-hybridized carbons (Fsp3) is 0.529. The van der Waals surface area contributed by atoms with Crippen LogP contribution in [0.3, 0.4) is 0 Å². The Hall–Kier alpha value is -1.63. The normalized spacial score (nSPS) is 15.0. The predicted molar refractivity (Wildman–Crippen MR) is 95.1 cm³/mol. The van der Waals surface area contributed by atoms with Crippen molar-refractivity contribution in [1.29, 1.82) is 0 Å². The summed E-state index contributed by atoms with van der Waals surface area (Å²) in [5.74, 6) is 0.0833. The second-order valence-electron chi connectivity index (χ2n) is 5.64. The highest BCUT2D eigenvalue weighted by Crippen LogP contribution is 2.18. The van der Waals surface area contributed by atoms with E-state index in [1.54, 1.807) is 7.11 Å². The summed E-state index contributed by atoms with van der Waals surface area (Å²) < 4.78 is 4.94. The summed E-state index contributed by atoms with van der Waals surface area (Å²) in [6, 6.07) is 9.59. The van der Waals surface area contributed by atoms with Gasteiger partial charge in [0.25, 0.3) is 0 Å². The maximum absolute atomic E-state index is 12.1. The van der Waals surface area contributed by atoms with Gasteiger partial charge in [0, 0.05) is 33.2 Å². The average Bonchev–Trinajstić information content (AvgIpc) is 2.97. The summed E-state index contributed by atoms with van der Waals surface area (Å²) in [5, 5.41) is 6.05. The molecule has 0 spiro atoms. The quantitative estimate of drug-likeness (QED) is 0.651. The van der Waals surface area contributed by atoms with Gasteiger partial charge in [0.2, 0.25) is 11.8 Å². The van der Waals surface area contributed by atoms with E-state index < -0.39 is 0 Å². The van der Waals surface area contributed by atoms with Crippen LogP contribution in [0.1, 0.15) is 24.4 Å². The van der Waals surface area contributed by atoms with Crippen LogP contribution in [-0.2, 0) is 14.3 Å². The van der Waals surface area contributed by atoms with Gasteiger partial charge in [-0.2, -0.15) is 0 Å². The number of ether oxygens (including phenoxy) is 1. The van der Waals surface area contributed by atoms with Gasteiger partial charge < -0.3 is 20.3 Å². The molecule has 2 rings (SSSR count). The van der Waals surface area contributed by atoms with Crippen molar-refractivity contribution in [3.8, 4) is 0 Å². The molecule has 7 heteroatoms. The zero-order valence-electron chi connectivity index (χ0n) is 14.0. The first-order chi connectivity index (χ1) is 11.2. The predicted octanol–water partition coefficient (Wildman–Crippen LogP) is 1.12. The molecule has 0 saturated carbocycles. The summed E-state index contributed by atoms with van der Waals surface area (Å²) >= 11 is 0. The van der Waals surface area contributed by atoms with Crippen LogP contribution < -0.4 is 10.6 Å². The number of nitrogens with zero attached hydrogens (tertiary/aromatic N) is 1. The Kier molecular flexibility index (Phi) is 9.37. The second kappa shape index (κ2) is 11.0. The number of carbonyl (C=O) groups is 2. The maximum Gasteiger partial charge on any atom is 0.234 e. The number of hydrogen-bond donors (Lipinski definition) is 2. The second-order valence-corrected chi connectivity index (χ2v) is 5.64. The van der Waals surface area contributed by atoms with E-state index in [1.165, 1.54) is 0 Å². The van der Waals surface area contributed by atoms with Gasteiger partial charge in [-0.3, -0.25) is 9.59 Å². The topological polar surface area (TPSA) is 70.7 Å². The van der Waals surface area contributed by atoms with Crippen LogP contribution in [0.15, 0.2) is 30.3 Å². The summed E-state index contributed by atoms with van der Waals surface area (Å²) in [6.45, 7) is 2.72. The van der Waals surface area contributed by atoms with Crippen molar-refractivity contribution in [2.24, 2.45) is 0 Å². The van der Waals surface area contributed by atoms with Crippen molar-refractivity contribution < 1.29 is 14.3 Å². The first-order valence-corrected chi connectivity index (χ1v) is 8.02. The molecule has 1 aromatic carbocycles. The number of hydrogen-bond acceptors (Lipinski definition) is 4. The third kappa shape index (κ3) is 6.47. The summed E-state index contributed by atoms with van der Waals surface area (Å²) in [5.41, 5.74) is 1.01. The molecule has 0 aromatic heterocycles. The Labute approximate surface area is 149 Å². The molecule has 1 aliphatic heterocycles. The molecule has 6 nitrogen and oxygen atoms in total. The van der Waals surface area contributed by atoms with Gasteiger partial charge in [-0.15, -0.1) is 12.4 Å². The highest BCUT2D eigenvalue weighted by atomic mass is 35.5. The highest BCUT2D eigenvalue weighted by molar-refractivity contribution is 5.85. The first-order valence-electron chi connectivity index (χ1n) is 8.02. The first kappa shape index (κ1) is 20.4. The van der Waals surface area contributed by atoms with Crippen LogP contribution in [0.2, 0.25) is 0 Å². The molecule has 0 radical (unpaired) electrons. The smallest absolute Gasteiger partial charge is 0.234 e. The fourth-order valence-corrected chi connectivity index (χ4v) is 2.66. The minimum atomic E-state index is -0.185. The number of benzene rings is 1. The highest BCUT2D eigenvalue weighted by Gasteiger charge is 2.25. The van der Waals surface area contributed by atoms with E-state index in [1.807, 2.05) is 35.2 Å². The lowest BCUT2D eigenvalue weighted by molar-refractivity contribution is -0.129. The number of nitrogens with one attached hydrogen (secondary N) is 2. The standard InChI is InChI=1S/C17H25N3O3.ClH/c1-23-11-9-18-12-16(21)19-15(14-6-3-2-4-7-14)13-20-10-5-8-17(20)22;/h2-4,6-7,15,18H,5,8-13H2,1H3,(H,19,21);1H. The van der Waals surface area contributed by atoms with Crippen LogP contribution in [0.5, 0.6) is 0 Å². The van der Waals surface area contributed by atoms with Crippen LogP contribution in [0.4, 0.5) is 0 Å². The van der Waals surface area contributed by atoms with E-state index in [-0.39, 0.29) is 36.8 Å². The monoisotopic (exact) mass is 355 g/mol. The van der Waals surface area contributed by atoms with E-state index >= 15 is 0 Å². The maximum atomic E-state index is 12.1. The van der Waals surface area contributed by atoms with E-state index in [0.29, 0.717) is 26.1 Å². The van der Waals surface area contributed by atoms with Gasteiger partial charge >= 0.3 is 0 Å². The number of halogens is 1. The Balaban J connectivity index is 0.00000288. The molecule has 1 aromatic rings. The van der Waals surface area contributed by atoms with Crippen molar-refractivity contribution in [2.45, 2.75) is 18.9 Å². The molecular formula is C17H26ClN3O3. The van der Waals surface area contributed by atoms with E-state index in [9.17, 15) is 9.59 Å². The number of rotatable bonds is 9. The molecule has 0 aliphatic carbocycles. The lowest BCUT2D eigenvalue weighted by Gasteiger charge is -2.25. The molecule has 24 heavy (non-hydrogen) atoms. The van der Waals surface area contributed by atoms with E-state index in [2.05, 4.69) is 10.6 Å². The third-order valence-corrected chi connectivity index (χ3v) is 3.88. The molecule has 2 amide bonds. The van der Waals surface area contributed by atoms with E-state index in [0.717, 1.165) is 18.5 Å². The van der Waals surface area contributed by atoms with E-state index in [4.69, 9.17) is 4.74 Å². The lowest BCUT2D eigenvalue weighted by atomic mass is 10.1. The average molecular weight is 356 g/mol. The van der Waals surface area contributed by atoms with Gasteiger partial charge in [-0.25, -0.2) is 0 Å². The number of methoxy groups -OCH3 is 1. The number of likely N-dealkylation sites (tertiary alicyclic amines) is 1. The summed E-state index contributed by atoms with van der Waals surface area (Å²) in [6.07, 6.45) is 1.50. The molecule has 1 unspecified atom stereocenters. The molecule has 2 N–H and O–H groups in total. The van der Waals surface area contributed by atoms with Crippen LogP contribution in [-0.4, -0.2) is 56.6 Å². The van der Waals surface area contributed by atoms with Crippen molar-refractivity contribution in [3.05, 3.63) is 35.9 Å². The van der Waals surface area contributed by atoms with Crippen LogP contribution >= 0.6 is 12.4 Å². The molecule has 1 fully saturated rings. The van der Waals surface area contributed by atoms with Crippen LogP contribution in [0, 0.1) is 0 Å². The zero-order valence-corrected chi connectivity index (χ0v) is 14.8. The van der Waals surface area contributed by atoms with Gasteiger partial charge in [0.15, 0.2) is 0 Å². The zero-order chi connectivity index (χ0) is 16.5. The van der Waals surface area contributed by atoms with Crippen molar-refractivity contribution >= 4 is 24.2 Å². The lowest BCUT2D eigenvalue weighted by Crippen LogP contribution is -2.42. The minimum absolute atomic E-state index is 0. The van der Waals surface area contributed by atoms with Gasteiger partial charge in [-0.05, 0) is 12.0 Å². The Morgan fingerprint density at radius 1 is 1.33 bits per heavy atom. The van der Waals surface area contributed by atoms with Crippen molar-refractivity contribution in [2.75, 3.05) is 39.9 Å². The Morgan fingerprint density at radius 3 is 2.71 bits per heavy atom. The largest absolute Gasteiger partial charge is 0.383 e. The SMILES string of the molecule is COCCNCC(=O)NC(CN1CCCC1=O)c1ccccc1.Cl. The molecule has 1 heterocycles. The molecule has 0 bridgehead atoms. The van der Waals surface area contributed by atoms with Gasteiger partial charge in [0.05, 0.1) is 19.2 Å². The minimum Gasteiger partial charge on any atom is -0.383 e. The third-order valence-electron chi connectivity index (χ3n) is 3.88. The summed E-state index contributed by atoms with van der Waals surface area (Å²) in [4.78, 5) is 25.8. The molecule has 134 valence electrons. The molecule has 1 atom stereocenters. The molecular weight excluding hydrogens is 330 g/mol. The molecule has 1 aliphatic rings. The van der Waals surface area contributed by atoms with Crippen LogP contribution in [0.25, 0.3) is 0 Å². The Morgan fingerprint density at radius 2 is 2.08 bits per heavy atom. The number of carbonyl (C=O) groups excluding carboxylic acids is 2. The van der Waals surface area contributed by atoms with Crippen molar-refractivity contribution in [3.63, 3.8) is 0 Å².